The lowest BCUT2D eigenvalue weighted by Gasteiger charge is -2.21. The number of halogens is 1. The summed E-state index contributed by atoms with van der Waals surface area (Å²) in [6, 6.07) is 22.1. The van der Waals surface area contributed by atoms with Crippen LogP contribution < -0.4 is 0 Å². The van der Waals surface area contributed by atoms with Gasteiger partial charge in [-0.05, 0) is 76.8 Å². The van der Waals surface area contributed by atoms with E-state index in [0.29, 0.717) is 0 Å². The second-order valence-corrected chi connectivity index (χ2v) is 7.41. The molecule has 1 aliphatic carbocycles. The summed E-state index contributed by atoms with van der Waals surface area (Å²) in [5, 5.41) is 0.787. The predicted molar refractivity (Wildman–Crippen MR) is 108 cm³/mol. The van der Waals surface area contributed by atoms with Crippen LogP contribution >= 0.6 is 11.6 Å². The lowest BCUT2D eigenvalue weighted by molar-refractivity contribution is 0.792. The van der Waals surface area contributed by atoms with Crippen LogP contribution in [0.25, 0.3) is 22.3 Å². The lowest BCUT2D eigenvalue weighted by Crippen LogP contribution is -2.05. The van der Waals surface area contributed by atoms with Crippen molar-refractivity contribution >= 4 is 11.6 Å². The number of rotatable bonds is 4. The lowest BCUT2D eigenvalue weighted by atomic mass is 9.83. The second-order valence-electron chi connectivity index (χ2n) is 6.97. The van der Waals surface area contributed by atoms with E-state index in [9.17, 15) is 0 Å². The summed E-state index contributed by atoms with van der Waals surface area (Å²) in [6.07, 6.45) is 6.01. The Morgan fingerprint density at radius 2 is 1.40 bits per heavy atom. The van der Waals surface area contributed by atoms with Gasteiger partial charge in [0.25, 0.3) is 0 Å². The van der Waals surface area contributed by atoms with Gasteiger partial charge < -0.3 is 0 Å². The molecule has 0 aromatic heterocycles. The van der Waals surface area contributed by atoms with E-state index in [1.54, 1.807) is 0 Å². The first-order valence-corrected chi connectivity index (χ1v) is 9.63. The van der Waals surface area contributed by atoms with Gasteiger partial charge in [0.05, 0.1) is 0 Å². The molecule has 1 aliphatic rings. The van der Waals surface area contributed by atoms with Crippen LogP contribution in [-0.2, 0) is 19.3 Å². The molecule has 0 saturated carbocycles. The van der Waals surface area contributed by atoms with Crippen LogP contribution in [0.1, 0.15) is 36.5 Å². The van der Waals surface area contributed by atoms with E-state index in [1.165, 1.54) is 58.2 Å². The fourth-order valence-electron chi connectivity index (χ4n) is 3.81. The maximum absolute atomic E-state index is 6.02. The molecule has 0 bridgehead atoms. The average molecular weight is 347 g/mol. The molecular formula is C24H23Cl. The first-order chi connectivity index (χ1) is 12.2. The average Bonchev–Trinajstić information content (AvgIpc) is 2.66. The van der Waals surface area contributed by atoms with Crippen LogP contribution in [0.3, 0.4) is 0 Å². The number of benzene rings is 3. The van der Waals surface area contributed by atoms with Crippen molar-refractivity contribution < 1.29 is 0 Å². The molecule has 0 heterocycles. The summed E-state index contributed by atoms with van der Waals surface area (Å²) >= 11 is 6.02. The van der Waals surface area contributed by atoms with Gasteiger partial charge in [0.2, 0.25) is 0 Å². The Balaban J connectivity index is 1.68. The number of hydrogen-bond donors (Lipinski definition) is 0. The minimum absolute atomic E-state index is 0.787. The summed E-state index contributed by atoms with van der Waals surface area (Å²) in [7, 11) is 0. The first kappa shape index (κ1) is 16.4. The van der Waals surface area contributed by atoms with E-state index in [2.05, 4.69) is 55.5 Å². The summed E-state index contributed by atoms with van der Waals surface area (Å²) < 4.78 is 0. The normalized spacial score (nSPS) is 12.6. The van der Waals surface area contributed by atoms with E-state index in [4.69, 9.17) is 11.6 Å². The highest BCUT2D eigenvalue weighted by Gasteiger charge is 2.17. The number of unbranched alkanes of at least 4 members (excludes halogenated alkanes) is 1. The van der Waals surface area contributed by atoms with E-state index in [1.807, 2.05) is 12.1 Å². The summed E-state index contributed by atoms with van der Waals surface area (Å²) in [4.78, 5) is 0. The molecule has 0 N–H and O–H groups in total. The van der Waals surface area contributed by atoms with Crippen molar-refractivity contribution in [2.75, 3.05) is 0 Å². The molecule has 0 spiro atoms. The van der Waals surface area contributed by atoms with Gasteiger partial charge in [0.15, 0.2) is 0 Å². The van der Waals surface area contributed by atoms with Crippen LogP contribution in [0.4, 0.5) is 0 Å². The molecule has 25 heavy (non-hydrogen) atoms. The molecular weight excluding hydrogens is 324 g/mol. The third kappa shape index (κ3) is 3.37. The fraction of sp³-hybridized carbons (Fsp3) is 0.250. The zero-order valence-electron chi connectivity index (χ0n) is 14.7. The molecule has 3 aromatic rings. The van der Waals surface area contributed by atoms with Gasteiger partial charge in [-0.3, -0.25) is 0 Å². The Hall–Kier alpha value is -2.05. The minimum Gasteiger partial charge on any atom is -0.0843 e. The van der Waals surface area contributed by atoms with Gasteiger partial charge in [0.1, 0.15) is 0 Å². The third-order valence-electron chi connectivity index (χ3n) is 5.23. The molecule has 0 fully saturated rings. The van der Waals surface area contributed by atoms with E-state index >= 15 is 0 Å². The number of hydrogen-bond acceptors (Lipinski definition) is 0. The molecule has 0 amide bonds. The highest BCUT2D eigenvalue weighted by molar-refractivity contribution is 6.30. The number of aryl methyl sites for hydroxylation is 3. The van der Waals surface area contributed by atoms with Crippen molar-refractivity contribution in [1.29, 1.82) is 0 Å². The Labute approximate surface area is 155 Å². The van der Waals surface area contributed by atoms with E-state index < -0.39 is 0 Å². The summed E-state index contributed by atoms with van der Waals surface area (Å²) in [5.41, 5.74) is 9.79. The molecule has 4 rings (SSSR count). The van der Waals surface area contributed by atoms with E-state index in [0.717, 1.165) is 17.9 Å². The summed E-state index contributed by atoms with van der Waals surface area (Å²) in [5.74, 6) is 0. The molecule has 0 unspecified atom stereocenters. The molecule has 0 saturated heterocycles. The van der Waals surface area contributed by atoms with Gasteiger partial charge in [-0.25, -0.2) is 0 Å². The van der Waals surface area contributed by atoms with Crippen molar-refractivity contribution in [2.45, 2.75) is 39.0 Å². The van der Waals surface area contributed by atoms with Crippen LogP contribution in [0.2, 0.25) is 5.02 Å². The fourth-order valence-corrected chi connectivity index (χ4v) is 3.93. The van der Waals surface area contributed by atoms with Crippen LogP contribution in [0, 0.1) is 0 Å². The SMILES string of the molecule is CCCCc1ccc2c(c1)CCc1cc(-c3ccc(Cl)cc3)ccc1-2. The quantitative estimate of drug-likeness (QED) is 0.472. The first-order valence-electron chi connectivity index (χ1n) is 9.25. The Morgan fingerprint density at radius 1 is 0.760 bits per heavy atom. The van der Waals surface area contributed by atoms with Crippen molar-refractivity contribution in [3.05, 3.63) is 82.4 Å². The third-order valence-corrected chi connectivity index (χ3v) is 5.48. The van der Waals surface area contributed by atoms with Crippen molar-refractivity contribution in [3.63, 3.8) is 0 Å². The monoisotopic (exact) mass is 346 g/mol. The largest absolute Gasteiger partial charge is 0.0843 e. The van der Waals surface area contributed by atoms with Crippen molar-refractivity contribution in [2.24, 2.45) is 0 Å². The molecule has 1 heteroatoms. The topological polar surface area (TPSA) is 0 Å². The molecule has 0 aliphatic heterocycles. The van der Waals surface area contributed by atoms with E-state index in [-0.39, 0.29) is 0 Å². The number of fused-ring (bicyclic) bond motifs is 3. The van der Waals surface area contributed by atoms with Crippen molar-refractivity contribution in [1.82, 2.24) is 0 Å². The second kappa shape index (κ2) is 7.06. The van der Waals surface area contributed by atoms with Crippen LogP contribution in [0.15, 0.2) is 60.7 Å². The molecule has 0 nitrogen and oxygen atoms in total. The smallest absolute Gasteiger partial charge is 0.0406 e. The predicted octanol–water partition coefficient (Wildman–Crippen LogP) is 7.12. The highest BCUT2D eigenvalue weighted by Crippen LogP contribution is 2.36. The van der Waals surface area contributed by atoms with Crippen LogP contribution in [0.5, 0.6) is 0 Å². The zero-order chi connectivity index (χ0) is 17.2. The Kier molecular flexibility index (Phi) is 4.63. The highest BCUT2D eigenvalue weighted by atomic mass is 35.5. The molecule has 3 aromatic carbocycles. The summed E-state index contributed by atoms with van der Waals surface area (Å²) in [6.45, 7) is 2.26. The molecule has 0 atom stereocenters. The maximum atomic E-state index is 6.02. The molecule has 0 radical (unpaired) electrons. The minimum atomic E-state index is 0.787. The molecule has 126 valence electrons. The van der Waals surface area contributed by atoms with Crippen molar-refractivity contribution in [3.8, 4) is 22.3 Å². The zero-order valence-corrected chi connectivity index (χ0v) is 15.4. The van der Waals surface area contributed by atoms with Gasteiger partial charge >= 0.3 is 0 Å². The van der Waals surface area contributed by atoms with Crippen LogP contribution in [-0.4, -0.2) is 0 Å². The van der Waals surface area contributed by atoms with Gasteiger partial charge in [-0.2, -0.15) is 0 Å². The standard InChI is InChI=1S/C24H23Cl/c1-2-3-4-17-5-13-23-20(15-17)6-7-21-16-19(10-14-24(21)23)18-8-11-22(25)12-9-18/h5,8-16H,2-4,6-7H2,1H3. The Morgan fingerprint density at radius 3 is 2.12 bits per heavy atom. The van der Waals surface area contributed by atoms with Gasteiger partial charge in [-0.15, -0.1) is 0 Å². The van der Waals surface area contributed by atoms with Gasteiger partial charge in [-0.1, -0.05) is 73.5 Å². The Bertz CT molecular complexity index is 890. The van der Waals surface area contributed by atoms with Gasteiger partial charge in [0, 0.05) is 5.02 Å². The maximum Gasteiger partial charge on any atom is 0.0406 e.